The molecule has 4 nitrogen and oxygen atoms in total. The maximum atomic E-state index is 9.44. The standard InChI is InChI=1S/C5H12O.C4H10O.2C3H6O.C2H6.CH4/c1-4-5(2,3)6;1-4(2,3)5;2*1-3(2)4;1-2;/h6H,4H2,1-3H3;5H,1-3H3;2*1-2H3;1-2H3;1H4. The number of rotatable bonds is 1. The van der Waals surface area contributed by atoms with Gasteiger partial charge in [0.2, 0.25) is 0 Å². The second-order valence-electron chi connectivity index (χ2n) is 6.15. The largest absolute Gasteiger partial charge is 0.391 e. The van der Waals surface area contributed by atoms with Crippen molar-refractivity contribution in [3.05, 3.63) is 0 Å². The summed E-state index contributed by atoms with van der Waals surface area (Å²) in [6, 6.07) is 0. The van der Waals surface area contributed by atoms with Gasteiger partial charge in [0.1, 0.15) is 11.6 Å². The van der Waals surface area contributed by atoms with Crippen molar-refractivity contribution in [1.82, 2.24) is 0 Å². The molecule has 0 aliphatic heterocycles. The molecule has 0 unspecified atom stereocenters. The van der Waals surface area contributed by atoms with Crippen molar-refractivity contribution in [2.75, 3.05) is 0 Å². The van der Waals surface area contributed by atoms with Crippen LogP contribution in [0.5, 0.6) is 0 Å². The van der Waals surface area contributed by atoms with E-state index in [9.17, 15) is 9.59 Å². The Morgan fingerprint density at radius 1 is 0.773 bits per heavy atom. The van der Waals surface area contributed by atoms with Gasteiger partial charge in [-0.25, -0.2) is 0 Å². The fraction of sp³-hybridized carbons (Fsp3) is 0.889. The van der Waals surface area contributed by atoms with Crippen LogP contribution >= 0.6 is 0 Å². The van der Waals surface area contributed by atoms with Crippen molar-refractivity contribution in [3.63, 3.8) is 0 Å². The summed E-state index contributed by atoms with van der Waals surface area (Å²) >= 11 is 0. The third kappa shape index (κ3) is 1260. The average Bonchev–Trinajstić information content (AvgIpc) is 2.15. The number of Topliss-reactive ketones (excluding diaryl/α,β-unsaturated/α-hetero) is 2. The minimum absolute atomic E-state index is 0. The summed E-state index contributed by atoms with van der Waals surface area (Å²) in [4.78, 5) is 18.9. The number of ketones is 2. The molecule has 0 bridgehead atoms. The molecule has 0 amide bonds. The van der Waals surface area contributed by atoms with Crippen LogP contribution in [0, 0.1) is 0 Å². The Balaban J connectivity index is -0.0000000372. The quantitative estimate of drug-likeness (QED) is 0.726. The van der Waals surface area contributed by atoms with E-state index in [1.807, 2.05) is 20.8 Å². The van der Waals surface area contributed by atoms with Crippen molar-refractivity contribution in [1.29, 1.82) is 0 Å². The van der Waals surface area contributed by atoms with Crippen LogP contribution in [0.3, 0.4) is 0 Å². The molecule has 0 aromatic carbocycles. The first-order valence-electron chi connectivity index (χ1n) is 7.42. The molecule has 0 heterocycles. The van der Waals surface area contributed by atoms with E-state index in [-0.39, 0.29) is 19.0 Å². The van der Waals surface area contributed by atoms with Gasteiger partial charge in [0, 0.05) is 0 Å². The first kappa shape index (κ1) is 37.5. The lowest BCUT2D eigenvalue weighted by molar-refractivity contribution is -0.115. The topological polar surface area (TPSA) is 74.6 Å². The van der Waals surface area contributed by atoms with Gasteiger partial charge in [-0.1, -0.05) is 28.2 Å². The minimum Gasteiger partial charge on any atom is -0.391 e. The summed E-state index contributed by atoms with van der Waals surface area (Å²) in [5.41, 5.74) is -0.958. The third-order valence-electron chi connectivity index (χ3n) is 0.865. The molecule has 0 fully saturated rings. The summed E-state index contributed by atoms with van der Waals surface area (Å²) < 4.78 is 0. The monoisotopic (exact) mass is 324 g/mol. The fourth-order valence-corrected chi connectivity index (χ4v) is 0. The van der Waals surface area contributed by atoms with E-state index in [1.165, 1.54) is 27.7 Å². The third-order valence-corrected chi connectivity index (χ3v) is 0.865. The molecule has 0 rings (SSSR count). The van der Waals surface area contributed by atoms with Crippen molar-refractivity contribution < 1.29 is 19.8 Å². The zero-order valence-electron chi connectivity index (χ0n) is 16.4. The average molecular weight is 325 g/mol. The van der Waals surface area contributed by atoms with Crippen molar-refractivity contribution in [2.45, 2.75) is 108 Å². The maximum absolute atomic E-state index is 9.44. The Morgan fingerprint density at radius 2 is 0.818 bits per heavy atom. The number of carbonyl (C=O) groups is 2. The van der Waals surface area contributed by atoms with Gasteiger partial charge in [-0.05, 0) is 68.7 Å². The zero-order valence-corrected chi connectivity index (χ0v) is 16.4. The summed E-state index contributed by atoms with van der Waals surface area (Å²) in [5.74, 6) is 0.333. The molecule has 0 radical (unpaired) electrons. The molecule has 4 heteroatoms. The summed E-state index contributed by atoms with van der Waals surface area (Å²) in [7, 11) is 0. The van der Waals surface area contributed by atoms with Gasteiger partial charge in [0.25, 0.3) is 0 Å². The molecule has 2 N–H and O–H groups in total. The SMILES string of the molecule is C.CC.CC(C)(C)O.CC(C)=O.CC(C)=O.CCC(C)(C)O. The molecule has 22 heavy (non-hydrogen) atoms. The van der Waals surface area contributed by atoms with E-state index in [4.69, 9.17) is 10.2 Å². The lowest BCUT2D eigenvalue weighted by atomic mass is 10.1. The molecule has 0 aromatic heterocycles. The molecular formula is C18H44O4. The van der Waals surface area contributed by atoms with E-state index in [1.54, 1.807) is 34.6 Å². The summed E-state index contributed by atoms with van der Waals surface area (Å²) in [5, 5.41) is 17.3. The molecular weight excluding hydrogens is 280 g/mol. The highest BCUT2D eigenvalue weighted by Gasteiger charge is 2.05. The lowest BCUT2D eigenvalue weighted by Crippen LogP contribution is -2.15. The Morgan fingerprint density at radius 3 is 0.818 bits per heavy atom. The van der Waals surface area contributed by atoms with Crippen LogP contribution in [-0.4, -0.2) is 33.0 Å². The van der Waals surface area contributed by atoms with E-state index >= 15 is 0 Å². The highest BCUT2D eigenvalue weighted by Crippen LogP contribution is 2.03. The number of carbonyl (C=O) groups excluding carboxylic acids is 2. The van der Waals surface area contributed by atoms with Crippen LogP contribution in [0.25, 0.3) is 0 Å². The van der Waals surface area contributed by atoms with E-state index < -0.39 is 11.2 Å². The van der Waals surface area contributed by atoms with Gasteiger partial charge in [-0.15, -0.1) is 0 Å². The molecule has 0 saturated carbocycles. The van der Waals surface area contributed by atoms with Crippen molar-refractivity contribution >= 4 is 11.6 Å². The first-order valence-corrected chi connectivity index (χ1v) is 7.42. The highest BCUT2D eigenvalue weighted by atomic mass is 16.3. The van der Waals surface area contributed by atoms with Gasteiger partial charge in [0.05, 0.1) is 11.2 Å². The highest BCUT2D eigenvalue weighted by molar-refractivity contribution is 5.72. The van der Waals surface area contributed by atoms with E-state index in [0.29, 0.717) is 0 Å². The van der Waals surface area contributed by atoms with Crippen LogP contribution in [0.1, 0.15) is 96.9 Å². The van der Waals surface area contributed by atoms with E-state index in [2.05, 4.69) is 0 Å². The Bertz CT molecular complexity index is 194. The van der Waals surface area contributed by atoms with Gasteiger partial charge < -0.3 is 19.8 Å². The number of hydrogen-bond acceptors (Lipinski definition) is 4. The van der Waals surface area contributed by atoms with Gasteiger partial charge in [-0.3, -0.25) is 0 Å². The zero-order chi connectivity index (χ0) is 18.9. The van der Waals surface area contributed by atoms with Crippen molar-refractivity contribution in [2.24, 2.45) is 0 Å². The van der Waals surface area contributed by atoms with Crippen LogP contribution in [0.2, 0.25) is 0 Å². The molecule has 0 spiro atoms. The Kier molecular flexibility index (Phi) is 38.4. The van der Waals surface area contributed by atoms with Crippen LogP contribution < -0.4 is 0 Å². The smallest absolute Gasteiger partial charge is 0.126 e. The first-order chi connectivity index (χ1) is 9.02. The normalized spacial score (nSPS) is 8.64. The molecule has 0 saturated heterocycles. The van der Waals surface area contributed by atoms with Crippen LogP contribution in [0.4, 0.5) is 0 Å². The molecule has 140 valence electrons. The number of hydrogen-bond donors (Lipinski definition) is 2. The second kappa shape index (κ2) is 22.5. The predicted molar refractivity (Wildman–Crippen MR) is 99.3 cm³/mol. The van der Waals surface area contributed by atoms with Crippen molar-refractivity contribution in [3.8, 4) is 0 Å². The minimum atomic E-state index is -0.500. The summed E-state index contributed by atoms with van der Waals surface area (Å²) in [6.07, 6.45) is 0.826. The molecule has 0 aliphatic rings. The van der Waals surface area contributed by atoms with Gasteiger partial charge in [0.15, 0.2) is 0 Å². The molecule has 0 aliphatic carbocycles. The predicted octanol–water partition coefficient (Wildman–Crippen LogP) is 4.80. The lowest BCUT2D eigenvalue weighted by Gasteiger charge is -2.11. The van der Waals surface area contributed by atoms with Gasteiger partial charge in [-0.2, -0.15) is 0 Å². The Hall–Kier alpha value is -0.740. The van der Waals surface area contributed by atoms with Crippen LogP contribution in [-0.2, 0) is 9.59 Å². The van der Waals surface area contributed by atoms with E-state index in [0.717, 1.165) is 6.42 Å². The molecule has 0 aromatic rings. The van der Waals surface area contributed by atoms with Crippen LogP contribution in [0.15, 0.2) is 0 Å². The summed E-state index contributed by atoms with van der Waals surface area (Å²) in [6.45, 7) is 20.9. The maximum Gasteiger partial charge on any atom is 0.126 e. The Labute approximate surface area is 140 Å². The second-order valence-corrected chi connectivity index (χ2v) is 6.15. The molecule has 0 atom stereocenters. The fourth-order valence-electron chi connectivity index (χ4n) is 0. The van der Waals surface area contributed by atoms with Gasteiger partial charge >= 0.3 is 0 Å². The number of aliphatic hydroxyl groups is 2.